The molecule has 1 unspecified atom stereocenters. The molecular weight excluding hydrogens is 372 g/mol. The fourth-order valence-electron chi connectivity index (χ4n) is 2.73. The smallest absolute Gasteiger partial charge is 0.270 e. The fraction of sp³-hybridized carbons (Fsp3) is 0.294. The van der Waals surface area contributed by atoms with Crippen LogP contribution in [0.3, 0.4) is 0 Å². The van der Waals surface area contributed by atoms with Crippen LogP contribution in [-0.4, -0.2) is 46.0 Å². The molecule has 0 saturated carbocycles. The normalized spacial score (nSPS) is 12.6. The molecular formula is C17H22N4O5S. The third-order valence-electron chi connectivity index (χ3n) is 4.09. The van der Waals surface area contributed by atoms with Gasteiger partial charge in [0.1, 0.15) is 10.6 Å². The first-order valence-electron chi connectivity index (χ1n) is 7.99. The van der Waals surface area contributed by atoms with Crippen molar-refractivity contribution in [3.8, 4) is 5.75 Å². The van der Waals surface area contributed by atoms with Crippen molar-refractivity contribution in [3.05, 3.63) is 58.1 Å². The Kier molecular flexibility index (Phi) is 6.37. The van der Waals surface area contributed by atoms with Crippen LogP contribution in [0.1, 0.15) is 11.6 Å². The van der Waals surface area contributed by atoms with Crippen LogP contribution in [0.5, 0.6) is 5.75 Å². The van der Waals surface area contributed by atoms with Crippen molar-refractivity contribution in [1.82, 2.24) is 4.90 Å². The van der Waals surface area contributed by atoms with Gasteiger partial charge in [0, 0.05) is 24.2 Å². The van der Waals surface area contributed by atoms with E-state index in [-0.39, 0.29) is 22.3 Å². The summed E-state index contributed by atoms with van der Waals surface area (Å²) in [5, 5.41) is 19.2. The minimum atomic E-state index is -4.14. The lowest BCUT2D eigenvalue weighted by Gasteiger charge is -2.27. The van der Waals surface area contributed by atoms with E-state index in [2.05, 4.69) is 5.32 Å². The Bertz CT molecular complexity index is 931. The number of para-hydroxylation sites is 1. The van der Waals surface area contributed by atoms with Gasteiger partial charge in [0.25, 0.3) is 5.69 Å². The number of sulfonamides is 1. The van der Waals surface area contributed by atoms with Crippen molar-refractivity contribution in [2.45, 2.75) is 10.9 Å². The van der Waals surface area contributed by atoms with Crippen molar-refractivity contribution >= 4 is 21.4 Å². The van der Waals surface area contributed by atoms with E-state index in [1.54, 1.807) is 7.11 Å². The van der Waals surface area contributed by atoms with E-state index < -0.39 is 14.9 Å². The molecule has 0 aliphatic heterocycles. The van der Waals surface area contributed by atoms with Gasteiger partial charge in [0.2, 0.25) is 10.0 Å². The molecule has 2 aromatic rings. The van der Waals surface area contributed by atoms with Gasteiger partial charge in [-0.1, -0.05) is 18.2 Å². The SMILES string of the molecule is COc1ccccc1C(CNc1ccc([N+](=O)[O-])cc1S(N)(=O)=O)N(C)C. The molecule has 0 aliphatic rings. The molecule has 0 bridgehead atoms. The second-order valence-corrected chi connectivity index (χ2v) is 7.61. The van der Waals surface area contributed by atoms with Gasteiger partial charge in [-0.2, -0.15) is 0 Å². The summed E-state index contributed by atoms with van der Waals surface area (Å²) in [4.78, 5) is 11.9. The molecule has 2 aromatic carbocycles. The number of methoxy groups -OCH3 is 1. The van der Waals surface area contributed by atoms with Gasteiger partial charge in [0.15, 0.2) is 0 Å². The van der Waals surface area contributed by atoms with E-state index in [1.165, 1.54) is 12.1 Å². The van der Waals surface area contributed by atoms with Gasteiger partial charge in [0.05, 0.1) is 23.8 Å². The molecule has 9 nitrogen and oxygen atoms in total. The summed E-state index contributed by atoms with van der Waals surface area (Å²) in [6.07, 6.45) is 0. The summed E-state index contributed by atoms with van der Waals surface area (Å²) in [5.74, 6) is 0.702. The van der Waals surface area contributed by atoms with E-state index >= 15 is 0 Å². The Balaban J connectivity index is 2.37. The van der Waals surface area contributed by atoms with Gasteiger partial charge in [-0.3, -0.25) is 10.1 Å². The lowest BCUT2D eigenvalue weighted by Crippen LogP contribution is -2.28. The number of nitrogens with two attached hydrogens (primary N) is 1. The van der Waals surface area contributed by atoms with E-state index in [4.69, 9.17) is 9.88 Å². The summed E-state index contributed by atoms with van der Waals surface area (Å²) in [5.41, 5.74) is 0.764. The zero-order valence-electron chi connectivity index (χ0n) is 15.2. The molecule has 0 saturated heterocycles. The third kappa shape index (κ3) is 4.94. The maximum absolute atomic E-state index is 11.9. The minimum Gasteiger partial charge on any atom is -0.496 e. The van der Waals surface area contributed by atoms with Crippen molar-refractivity contribution in [1.29, 1.82) is 0 Å². The lowest BCUT2D eigenvalue weighted by molar-refractivity contribution is -0.385. The van der Waals surface area contributed by atoms with E-state index in [0.29, 0.717) is 12.3 Å². The molecule has 10 heteroatoms. The quantitative estimate of drug-likeness (QED) is 0.517. The first-order valence-corrected chi connectivity index (χ1v) is 9.54. The van der Waals surface area contributed by atoms with E-state index in [0.717, 1.165) is 11.6 Å². The molecule has 0 spiro atoms. The van der Waals surface area contributed by atoms with Crippen molar-refractivity contribution in [2.75, 3.05) is 33.1 Å². The summed E-state index contributed by atoms with van der Waals surface area (Å²) in [7, 11) is 1.21. The van der Waals surface area contributed by atoms with Crippen LogP contribution in [0, 0.1) is 10.1 Å². The molecule has 1 atom stereocenters. The van der Waals surface area contributed by atoms with Crippen LogP contribution < -0.4 is 15.2 Å². The number of hydrogen-bond donors (Lipinski definition) is 2. The highest BCUT2D eigenvalue weighted by Crippen LogP contribution is 2.30. The minimum absolute atomic E-state index is 0.148. The number of nitrogens with one attached hydrogen (secondary N) is 1. The highest BCUT2D eigenvalue weighted by atomic mass is 32.2. The number of benzene rings is 2. The Morgan fingerprint density at radius 2 is 1.93 bits per heavy atom. The second-order valence-electron chi connectivity index (χ2n) is 6.08. The standard InChI is InChI=1S/C17H22N4O5S/c1-20(2)15(13-6-4-5-7-16(13)26-3)11-19-14-9-8-12(21(22)23)10-17(14)27(18,24)25/h4-10,15,19H,11H2,1-3H3,(H2,18,24,25). The van der Waals surface area contributed by atoms with Crippen LogP contribution in [-0.2, 0) is 10.0 Å². The second kappa shape index (κ2) is 8.33. The van der Waals surface area contributed by atoms with Crippen LogP contribution in [0.25, 0.3) is 0 Å². The summed E-state index contributed by atoms with van der Waals surface area (Å²) >= 11 is 0. The average Bonchev–Trinajstić information content (AvgIpc) is 2.61. The molecule has 0 heterocycles. The van der Waals surface area contributed by atoms with E-state index in [9.17, 15) is 18.5 Å². The summed E-state index contributed by atoms with van der Waals surface area (Å²) < 4.78 is 29.1. The highest BCUT2D eigenvalue weighted by Gasteiger charge is 2.22. The zero-order valence-corrected chi connectivity index (χ0v) is 16.1. The largest absolute Gasteiger partial charge is 0.496 e. The highest BCUT2D eigenvalue weighted by molar-refractivity contribution is 7.89. The number of non-ortho nitro benzene ring substituents is 1. The molecule has 0 aliphatic carbocycles. The fourth-order valence-corrected chi connectivity index (χ4v) is 3.46. The number of likely N-dealkylation sites (N-methyl/N-ethyl adjacent to an activating group) is 1. The van der Waals surface area contributed by atoms with Crippen LogP contribution in [0.2, 0.25) is 0 Å². The van der Waals surface area contributed by atoms with Crippen LogP contribution in [0.15, 0.2) is 47.4 Å². The number of ether oxygens (including phenoxy) is 1. The molecule has 0 amide bonds. The van der Waals surface area contributed by atoms with Gasteiger partial charge in [-0.15, -0.1) is 0 Å². The Labute approximate surface area is 157 Å². The van der Waals surface area contributed by atoms with Crippen molar-refractivity contribution < 1.29 is 18.1 Å². The number of primary sulfonamides is 1. The summed E-state index contributed by atoms with van der Waals surface area (Å²) in [6, 6.07) is 10.9. The number of rotatable bonds is 8. The monoisotopic (exact) mass is 394 g/mol. The number of anilines is 1. The molecule has 27 heavy (non-hydrogen) atoms. The lowest BCUT2D eigenvalue weighted by atomic mass is 10.0. The molecule has 2 rings (SSSR count). The predicted molar refractivity (Wildman–Crippen MR) is 102 cm³/mol. The predicted octanol–water partition coefficient (Wildman–Crippen LogP) is 1.97. The number of nitro benzene ring substituents is 1. The topological polar surface area (TPSA) is 128 Å². The number of nitrogens with zero attached hydrogens (tertiary/aromatic N) is 2. The first kappa shape index (κ1) is 20.6. The maximum atomic E-state index is 11.9. The molecule has 0 radical (unpaired) electrons. The zero-order chi connectivity index (χ0) is 20.2. The molecule has 3 N–H and O–H groups in total. The van der Waals surface area contributed by atoms with Crippen molar-refractivity contribution in [2.24, 2.45) is 5.14 Å². The van der Waals surface area contributed by atoms with Crippen LogP contribution >= 0.6 is 0 Å². The Morgan fingerprint density at radius 3 is 2.48 bits per heavy atom. The van der Waals surface area contributed by atoms with Gasteiger partial charge < -0.3 is 15.0 Å². The molecule has 0 fully saturated rings. The van der Waals surface area contributed by atoms with E-state index in [1.807, 2.05) is 43.3 Å². The molecule has 146 valence electrons. The van der Waals surface area contributed by atoms with Gasteiger partial charge >= 0.3 is 0 Å². The van der Waals surface area contributed by atoms with Crippen molar-refractivity contribution in [3.63, 3.8) is 0 Å². The Morgan fingerprint density at radius 1 is 1.26 bits per heavy atom. The average molecular weight is 394 g/mol. The number of hydrogen-bond acceptors (Lipinski definition) is 7. The third-order valence-corrected chi connectivity index (χ3v) is 5.04. The summed E-state index contributed by atoms with van der Waals surface area (Å²) in [6.45, 7) is 0.327. The molecule has 0 aromatic heterocycles. The first-order chi connectivity index (χ1) is 12.6. The van der Waals surface area contributed by atoms with Gasteiger partial charge in [-0.25, -0.2) is 13.6 Å². The number of nitro groups is 1. The van der Waals surface area contributed by atoms with Gasteiger partial charge in [-0.05, 0) is 26.2 Å². The van der Waals surface area contributed by atoms with Crippen LogP contribution in [0.4, 0.5) is 11.4 Å². The Hall–Kier alpha value is -2.69. The maximum Gasteiger partial charge on any atom is 0.270 e.